The third-order valence-electron chi connectivity index (χ3n) is 8.69. The highest BCUT2D eigenvalue weighted by atomic mass is 32.1. The van der Waals surface area contributed by atoms with Crippen LogP contribution in [0.25, 0.3) is 0 Å². The Morgan fingerprint density at radius 1 is 0.667 bits per heavy atom. The molecule has 7 nitrogen and oxygen atoms in total. The van der Waals surface area contributed by atoms with Crippen LogP contribution >= 0.6 is 12.2 Å². The Bertz CT molecular complexity index is 1490. The fourth-order valence-electron chi connectivity index (χ4n) is 6.31. The first-order chi connectivity index (χ1) is 20.7. The van der Waals surface area contributed by atoms with Crippen LogP contribution in [0.1, 0.15) is 40.7 Å². The molecule has 3 aliphatic heterocycles. The van der Waals surface area contributed by atoms with Crippen LogP contribution in [0.4, 0.5) is 23.3 Å². The zero-order chi connectivity index (χ0) is 28.3. The summed E-state index contributed by atoms with van der Waals surface area (Å²) in [5.74, 6) is 2.38. The molecule has 0 bridgehead atoms. The number of nitrogens with one attached hydrogen (secondary N) is 2. The van der Waals surface area contributed by atoms with E-state index in [1.54, 1.807) is 0 Å². The molecule has 0 unspecified atom stereocenters. The maximum absolute atomic E-state index is 5.71. The van der Waals surface area contributed by atoms with Crippen LogP contribution in [-0.2, 0) is 32.5 Å². The van der Waals surface area contributed by atoms with Crippen LogP contribution in [0.3, 0.4) is 0 Å². The molecule has 0 aliphatic carbocycles. The van der Waals surface area contributed by atoms with Crippen LogP contribution in [0.5, 0.6) is 0 Å². The van der Waals surface area contributed by atoms with E-state index in [4.69, 9.17) is 22.2 Å². The van der Waals surface area contributed by atoms with Crippen molar-refractivity contribution in [3.05, 3.63) is 107 Å². The first-order valence-corrected chi connectivity index (χ1v) is 15.5. The molecule has 0 radical (unpaired) electrons. The molecule has 214 valence electrons. The van der Waals surface area contributed by atoms with E-state index in [-0.39, 0.29) is 0 Å². The Hall–Kier alpha value is -4.17. The zero-order valence-electron chi connectivity index (χ0n) is 23.9. The van der Waals surface area contributed by atoms with Crippen molar-refractivity contribution in [1.82, 2.24) is 15.3 Å². The van der Waals surface area contributed by atoms with Crippen molar-refractivity contribution in [1.29, 1.82) is 0 Å². The molecule has 4 aromatic rings. The molecule has 0 spiro atoms. The molecule has 8 heteroatoms. The second-order valence-electron chi connectivity index (χ2n) is 11.5. The standard InChI is InChI=1S/C34H37N7S/c42-34(35-22-25-11-13-30(14-12-25)39-17-5-6-18-39)38-33-36-31(40-19-15-26-7-1-3-9-28(26)23-40)21-32(37-33)41-20-16-27-8-2-4-10-29(27)24-41/h1-4,7-14,21H,5-6,15-20,22-24H2,(H2,35,36,37,38,42). The van der Waals surface area contributed by atoms with Crippen LogP contribution < -0.4 is 25.3 Å². The molecule has 0 amide bonds. The largest absolute Gasteiger partial charge is 0.372 e. The molecule has 0 saturated carbocycles. The number of fused-ring (bicyclic) bond motifs is 2. The number of anilines is 4. The van der Waals surface area contributed by atoms with E-state index in [2.05, 4.69) is 104 Å². The van der Waals surface area contributed by atoms with Gasteiger partial charge >= 0.3 is 0 Å². The first kappa shape index (κ1) is 26.7. The summed E-state index contributed by atoms with van der Waals surface area (Å²) in [5, 5.41) is 7.18. The Morgan fingerprint density at radius 2 is 1.21 bits per heavy atom. The lowest BCUT2D eigenvalue weighted by atomic mass is 9.99. The van der Waals surface area contributed by atoms with E-state index in [0.29, 0.717) is 17.6 Å². The molecule has 3 aromatic carbocycles. The molecular weight excluding hydrogens is 538 g/mol. The smallest absolute Gasteiger partial charge is 0.232 e. The maximum atomic E-state index is 5.71. The van der Waals surface area contributed by atoms with Gasteiger partial charge in [0.25, 0.3) is 0 Å². The summed E-state index contributed by atoms with van der Waals surface area (Å²) < 4.78 is 0. The van der Waals surface area contributed by atoms with E-state index < -0.39 is 0 Å². The monoisotopic (exact) mass is 575 g/mol. The van der Waals surface area contributed by atoms with Gasteiger partial charge < -0.3 is 25.3 Å². The summed E-state index contributed by atoms with van der Waals surface area (Å²) in [5.41, 5.74) is 8.06. The number of hydrogen-bond donors (Lipinski definition) is 2. The summed E-state index contributed by atoms with van der Waals surface area (Å²) in [7, 11) is 0. The lowest BCUT2D eigenvalue weighted by molar-refractivity contribution is 0.706. The van der Waals surface area contributed by atoms with Crippen molar-refractivity contribution in [3.8, 4) is 0 Å². The minimum atomic E-state index is 0.523. The van der Waals surface area contributed by atoms with Crippen LogP contribution in [0, 0.1) is 0 Å². The number of hydrogen-bond acceptors (Lipinski definition) is 6. The zero-order valence-corrected chi connectivity index (χ0v) is 24.7. The average Bonchev–Trinajstić information content (AvgIpc) is 3.59. The minimum absolute atomic E-state index is 0.523. The summed E-state index contributed by atoms with van der Waals surface area (Å²) in [6.07, 6.45) is 4.58. The number of rotatable bonds is 6. The Kier molecular flexibility index (Phi) is 7.62. The molecule has 0 atom stereocenters. The van der Waals surface area contributed by atoms with Gasteiger partial charge in [-0.15, -0.1) is 0 Å². The fourth-order valence-corrected chi connectivity index (χ4v) is 6.48. The van der Waals surface area contributed by atoms with Gasteiger partial charge in [0.1, 0.15) is 11.6 Å². The summed E-state index contributed by atoms with van der Waals surface area (Å²) in [6, 6.07) is 28.4. The van der Waals surface area contributed by atoms with Gasteiger partial charge in [0.2, 0.25) is 5.95 Å². The number of thiocarbonyl (C=S) groups is 1. The molecule has 2 N–H and O–H groups in total. The topological polar surface area (TPSA) is 59.6 Å². The van der Waals surface area contributed by atoms with E-state index in [1.807, 2.05) is 0 Å². The van der Waals surface area contributed by atoms with Crippen molar-refractivity contribution in [2.75, 3.05) is 46.2 Å². The Morgan fingerprint density at radius 3 is 1.79 bits per heavy atom. The predicted octanol–water partition coefficient (Wildman–Crippen LogP) is 5.69. The molecule has 42 heavy (non-hydrogen) atoms. The van der Waals surface area contributed by atoms with Gasteiger partial charge in [0.05, 0.1) is 0 Å². The molecule has 1 fully saturated rings. The molecule has 7 rings (SSSR count). The van der Waals surface area contributed by atoms with Crippen molar-refractivity contribution in [2.45, 2.75) is 45.3 Å². The molecule has 1 aromatic heterocycles. The lowest BCUT2D eigenvalue weighted by Gasteiger charge is -2.33. The normalized spacial score (nSPS) is 16.1. The van der Waals surface area contributed by atoms with Crippen LogP contribution in [0.15, 0.2) is 78.9 Å². The number of benzene rings is 3. The van der Waals surface area contributed by atoms with Crippen LogP contribution in [-0.4, -0.2) is 41.3 Å². The van der Waals surface area contributed by atoms with Crippen molar-refractivity contribution in [2.24, 2.45) is 0 Å². The van der Waals surface area contributed by atoms with E-state index >= 15 is 0 Å². The number of aromatic nitrogens is 2. The van der Waals surface area contributed by atoms with Crippen LogP contribution in [0.2, 0.25) is 0 Å². The average molecular weight is 576 g/mol. The molecular formula is C34H37N7S. The fraction of sp³-hybridized carbons (Fsp3) is 0.324. The summed E-state index contributed by atoms with van der Waals surface area (Å²) in [4.78, 5) is 17.1. The minimum Gasteiger partial charge on any atom is -0.372 e. The highest BCUT2D eigenvalue weighted by Gasteiger charge is 2.23. The van der Waals surface area contributed by atoms with Gasteiger partial charge in [0, 0.05) is 57.6 Å². The molecule has 3 aliphatic rings. The summed E-state index contributed by atoms with van der Waals surface area (Å²) >= 11 is 5.71. The van der Waals surface area contributed by atoms with Gasteiger partial charge in [-0.3, -0.25) is 0 Å². The van der Waals surface area contributed by atoms with Gasteiger partial charge in [0.15, 0.2) is 5.11 Å². The van der Waals surface area contributed by atoms with E-state index in [1.165, 1.54) is 46.3 Å². The maximum Gasteiger partial charge on any atom is 0.232 e. The van der Waals surface area contributed by atoms with E-state index in [9.17, 15) is 0 Å². The van der Waals surface area contributed by atoms with Crippen molar-refractivity contribution in [3.63, 3.8) is 0 Å². The SMILES string of the molecule is S=C(NCc1ccc(N2CCCC2)cc1)Nc1nc(N2CCc3ccccc3C2)cc(N2CCc3ccccc3C2)n1. The van der Waals surface area contributed by atoms with Crippen molar-refractivity contribution >= 4 is 40.6 Å². The summed E-state index contributed by atoms with van der Waals surface area (Å²) in [6.45, 7) is 6.47. The lowest BCUT2D eigenvalue weighted by Crippen LogP contribution is -2.34. The van der Waals surface area contributed by atoms with Gasteiger partial charge in [-0.25, -0.2) is 0 Å². The molecule has 1 saturated heterocycles. The third kappa shape index (κ3) is 5.90. The second-order valence-corrected chi connectivity index (χ2v) is 11.9. The van der Waals surface area contributed by atoms with Gasteiger partial charge in [-0.2, -0.15) is 9.97 Å². The van der Waals surface area contributed by atoms with Crippen molar-refractivity contribution < 1.29 is 0 Å². The highest BCUT2D eigenvalue weighted by molar-refractivity contribution is 7.80. The van der Waals surface area contributed by atoms with Gasteiger partial charge in [-0.1, -0.05) is 60.7 Å². The first-order valence-electron chi connectivity index (χ1n) is 15.1. The highest BCUT2D eigenvalue weighted by Crippen LogP contribution is 2.29. The quantitative estimate of drug-likeness (QED) is 0.285. The predicted molar refractivity (Wildman–Crippen MR) is 175 cm³/mol. The Labute approximate surface area is 253 Å². The Balaban J connectivity index is 1.08. The third-order valence-corrected chi connectivity index (χ3v) is 8.94. The number of nitrogens with zero attached hydrogens (tertiary/aromatic N) is 5. The van der Waals surface area contributed by atoms with E-state index in [0.717, 1.165) is 63.7 Å². The second kappa shape index (κ2) is 12.0. The molecule has 4 heterocycles. The van der Waals surface area contributed by atoms with Gasteiger partial charge in [-0.05, 0) is 77.9 Å².